The first-order valence-electron chi connectivity index (χ1n) is 17.5. The molecule has 1 amide bonds. The zero-order chi connectivity index (χ0) is 36.1. The van der Waals surface area contributed by atoms with Gasteiger partial charge in [-0.3, -0.25) is 19.4 Å². The number of nitrogens with one attached hydrogen (secondary N) is 1. The second-order valence-electron chi connectivity index (χ2n) is 13.6. The molecule has 10 heteroatoms. The second-order valence-corrected chi connectivity index (χ2v) is 13.6. The van der Waals surface area contributed by atoms with Crippen LogP contribution in [0.25, 0.3) is 16.6 Å². The number of aromatic nitrogens is 5. The quantitative estimate of drug-likeness (QED) is 0.114. The van der Waals surface area contributed by atoms with Crippen LogP contribution in [0, 0.1) is 5.92 Å². The lowest BCUT2D eigenvalue weighted by Gasteiger charge is -2.27. The number of aromatic amines is 1. The number of benzene rings is 3. The van der Waals surface area contributed by atoms with Gasteiger partial charge in [0.2, 0.25) is 0 Å². The van der Waals surface area contributed by atoms with Gasteiger partial charge in [0, 0.05) is 30.8 Å². The van der Waals surface area contributed by atoms with Crippen LogP contribution in [-0.2, 0) is 16.9 Å². The number of allylic oxidation sites excluding steroid dienone is 4. The molecule has 1 unspecified atom stereocenters. The Labute approximate surface area is 298 Å². The van der Waals surface area contributed by atoms with E-state index in [2.05, 4.69) is 42.3 Å². The summed E-state index contributed by atoms with van der Waals surface area (Å²) in [7, 11) is 0. The third-order valence-corrected chi connectivity index (χ3v) is 9.72. The van der Waals surface area contributed by atoms with Crippen LogP contribution in [0.1, 0.15) is 69.7 Å². The fraction of sp³-hybridized carbons (Fsp3) is 0.317. The summed E-state index contributed by atoms with van der Waals surface area (Å²) in [6.07, 6.45) is 12.3. The smallest absolute Gasteiger partial charge is 0.279 e. The van der Waals surface area contributed by atoms with Crippen LogP contribution in [-0.4, -0.2) is 54.0 Å². The van der Waals surface area contributed by atoms with Crippen molar-refractivity contribution in [2.24, 2.45) is 5.92 Å². The van der Waals surface area contributed by atoms with E-state index in [-0.39, 0.29) is 18.1 Å². The largest absolute Gasteiger partial charge is 0.395 e. The summed E-state index contributed by atoms with van der Waals surface area (Å²) in [6, 6.07) is 22.4. The van der Waals surface area contributed by atoms with E-state index in [1.165, 1.54) is 10.3 Å². The van der Waals surface area contributed by atoms with Gasteiger partial charge in [-0.05, 0) is 75.9 Å². The van der Waals surface area contributed by atoms with Crippen LogP contribution < -0.4 is 10.5 Å². The van der Waals surface area contributed by atoms with Crippen LogP contribution in [0.4, 0.5) is 5.69 Å². The van der Waals surface area contributed by atoms with Gasteiger partial charge >= 0.3 is 0 Å². The lowest BCUT2D eigenvalue weighted by Crippen LogP contribution is -2.44. The number of aliphatic hydroxyl groups is 2. The average Bonchev–Trinajstić information content (AvgIpc) is 3.80. The fourth-order valence-electron chi connectivity index (χ4n) is 6.72. The number of H-pyrrole nitrogens is 1. The molecule has 10 nitrogen and oxygen atoms in total. The van der Waals surface area contributed by atoms with Crippen LogP contribution in [0.3, 0.4) is 0 Å². The Morgan fingerprint density at radius 2 is 1.75 bits per heavy atom. The molecule has 1 aliphatic rings. The Morgan fingerprint density at radius 3 is 2.49 bits per heavy atom. The van der Waals surface area contributed by atoms with Crippen molar-refractivity contribution in [2.45, 2.75) is 65.0 Å². The molecule has 0 saturated carbocycles. The number of amides is 1. The number of anilines is 1. The van der Waals surface area contributed by atoms with Crippen molar-refractivity contribution < 1.29 is 15.0 Å². The minimum Gasteiger partial charge on any atom is -0.395 e. The lowest BCUT2D eigenvalue weighted by atomic mass is 9.82. The number of para-hydroxylation sites is 1. The highest BCUT2D eigenvalue weighted by Gasteiger charge is 2.52. The first-order valence-corrected chi connectivity index (χ1v) is 17.5. The average molecular weight is 687 g/mol. The normalized spacial score (nSPS) is 17.3. The second kappa shape index (κ2) is 15.3. The van der Waals surface area contributed by atoms with Crippen molar-refractivity contribution in [2.75, 3.05) is 18.1 Å². The molecule has 3 aromatic carbocycles. The summed E-state index contributed by atoms with van der Waals surface area (Å²) >= 11 is 0. The summed E-state index contributed by atoms with van der Waals surface area (Å²) in [5, 5.41) is 34.7. The molecule has 0 fully saturated rings. The highest BCUT2D eigenvalue weighted by Crippen LogP contribution is 2.46. The molecule has 3 heterocycles. The molecule has 0 spiro atoms. The molecule has 51 heavy (non-hydrogen) atoms. The van der Waals surface area contributed by atoms with Crippen LogP contribution in [0.15, 0.2) is 119 Å². The molecule has 264 valence electrons. The molecular formula is C41H46N6O4. The summed E-state index contributed by atoms with van der Waals surface area (Å²) in [6.45, 7) is 8.84. The van der Waals surface area contributed by atoms with Gasteiger partial charge in [0.1, 0.15) is 0 Å². The van der Waals surface area contributed by atoms with Crippen LogP contribution in [0.2, 0.25) is 0 Å². The van der Waals surface area contributed by atoms with Crippen LogP contribution in [0.5, 0.6) is 0 Å². The molecule has 2 aromatic heterocycles. The Bertz CT molecular complexity index is 2150. The zero-order valence-corrected chi connectivity index (χ0v) is 29.7. The highest BCUT2D eigenvalue weighted by atomic mass is 16.3. The Hall–Kier alpha value is -5.32. The van der Waals surface area contributed by atoms with Gasteiger partial charge in [-0.1, -0.05) is 90.1 Å². The minimum absolute atomic E-state index is 0.0763. The molecule has 0 radical (unpaired) electrons. The van der Waals surface area contributed by atoms with Crippen molar-refractivity contribution in [3.63, 3.8) is 0 Å². The van der Waals surface area contributed by atoms with Gasteiger partial charge in [-0.2, -0.15) is 0 Å². The van der Waals surface area contributed by atoms with Gasteiger partial charge < -0.3 is 15.1 Å². The summed E-state index contributed by atoms with van der Waals surface area (Å²) in [5.74, 6) is -1.25. The summed E-state index contributed by atoms with van der Waals surface area (Å²) in [4.78, 5) is 29.2. The Morgan fingerprint density at radius 1 is 0.980 bits per heavy atom. The molecule has 3 atom stereocenters. The molecule has 5 aromatic rings. The predicted molar refractivity (Wildman–Crippen MR) is 201 cm³/mol. The maximum absolute atomic E-state index is 14.2. The van der Waals surface area contributed by atoms with Crippen molar-refractivity contribution in [3.05, 3.63) is 142 Å². The predicted octanol–water partition coefficient (Wildman–Crippen LogP) is 6.54. The number of carbonyl (C=O) groups is 1. The molecule has 3 N–H and O–H groups in total. The van der Waals surface area contributed by atoms with E-state index in [0.717, 1.165) is 24.0 Å². The van der Waals surface area contributed by atoms with Crippen molar-refractivity contribution in [3.8, 4) is 5.69 Å². The van der Waals surface area contributed by atoms with Crippen molar-refractivity contribution in [1.29, 1.82) is 0 Å². The van der Waals surface area contributed by atoms with Gasteiger partial charge in [0.25, 0.3) is 11.5 Å². The van der Waals surface area contributed by atoms with Gasteiger partial charge in [0.15, 0.2) is 5.60 Å². The molecular weight excluding hydrogens is 640 g/mol. The number of aliphatic hydroxyl groups excluding tert-OH is 1. The summed E-state index contributed by atoms with van der Waals surface area (Å²) in [5.41, 5.74) is 4.35. The third-order valence-electron chi connectivity index (χ3n) is 9.72. The van der Waals surface area contributed by atoms with E-state index >= 15 is 0 Å². The van der Waals surface area contributed by atoms with E-state index in [9.17, 15) is 19.8 Å². The molecule has 1 aliphatic heterocycles. The van der Waals surface area contributed by atoms with E-state index in [0.29, 0.717) is 53.0 Å². The maximum Gasteiger partial charge on any atom is 0.279 e. The number of fused-ring (bicyclic) bond motifs is 2. The van der Waals surface area contributed by atoms with Gasteiger partial charge in [-0.25, -0.2) is 4.68 Å². The molecule has 6 rings (SSSR count). The van der Waals surface area contributed by atoms with E-state index in [1.807, 2.05) is 85.9 Å². The number of rotatable bonds is 14. The Balaban J connectivity index is 1.24. The highest BCUT2D eigenvalue weighted by molar-refractivity contribution is 6.07. The number of carbonyl (C=O) groups excluding carboxylic acids is 1. The lowest BCUT2D eigenvalue weighted by molar-refractivity contribution is -0.139. The zero-order valence-electron chi connectivity index (χ0n) is 29.7. The van der Waals surface area contributed by atoms with Gasteiger partial charge in [0.05, 0.1) is 40.5 Å². The van der Waals surface area contributed by atoms with Gasteiger partial charge in [-0.15, -0.1) is 5.10 Å². The first kappa shape index (κ1) is 35.5. The van der Waals surface area contributed by atoms with Crippen LogP contribution >= 0.6 is 0 Å². The molecule has 0 bridgehead atoms. The monoisotopic (exact) mass is 686 g/mol. The standard InChI is InChI=1S/C41H46N6O4/c1-28(2)13-12-14-29(3)22-24-46-38-21-20-32(47-39(49)33-18-8-9-19-36(33)43-47)25-35(38)41(51,40(46)50)30(4)15-10-11-23-45-26-37(42-44-45)34(27-48)31-16-6-5-7-17-31/h5-10,13,15-22,25-26,30,34,43,48,51H,11-12,14,23-24,27H2,1-4H3/b15-10+,29-22+/t30-,34?,41+/m1/s1. The SMILES string of the molecule is CC(C)=CCC/C(C)=C/CN1C(=O)[C@](O)([C@H](C)/C=C/CCn2cc(C(CO)c3ccccc3)nn2)c2cc(-n3[nH]c4ccccc4c3=O)ccc21. The first-order chi connectivity index (χ1) is 24.6. The van der Waals surface area contributed by atoms with Crippen molar-refractivity contribution in [1.82, 2.24) is 24.8 Å². The van der Waals surface area contributed by atoms with E-state index in [4.69, 9.17) is 0 Å². The molecule has 0 saturated heterocycles. The number of aryl methyl sites for hydroxylation is 1. The van der Waals surface area contributed by atoms with E-state index in [1.54, 1.807) is 27.8 Å². The maximum atomic E-state index is 14.2. The number of hydrogen-bond acceptors (Lipinski definition) is 6. The van der Waals surface area contributed by atoms with Crippen molar-refractivity contribution >= 4 is 22.5 Å². The Kier molecular flexibility index (Phi) is 10.6. The number of nitrogens with zero attached hydrogens (tertiary/aromatic N) is 5. The van der Waals surface area contributed by atoms with E-state index < -0.39 is 17.4 Å². The third kappa shape index (κ3) is 7.29. The number of hydrogen-bond donors (Lipinski definition) is 3. The summed E-state index contributed by atoms with van der Waals surface area (Å²) < 4.78 is 3.19. The topological polar surface area (TPSA) is 129 Å². The molecule has 0 aliphatic carbocycles. The fourth-order valence-corrected chi connectivity index (χ4v) is 6.72. The minimum atomic E-state index is -1.86.